The van der Waals surface area contributed by atoms with Crippen molar-refractivity contribution in [2.45, 2.75) is 82.8 Å². The molecule has 2 rings (SSSR count). The van der Waals surface area contributed by atoms with E-state index in [0.717, 1.165) is 18.9 Å². The van der Waals surface area contributed by atoms with Crippen molar-refractivity contribution in [2.75, 3.05) is 26.2 Å². The lowest BCUT2D eigenvalue weighted by molar-refractivity contribution is 0.153. The number of halogens is 1. The molecule has 1 aliphatic carbocycles. The maximum Gasteiger partial charge on any atom is 0.466 e. The van der Waals surface area contributed by atoms with E-state index in [1.807, 2.05) is 0 Å². The van der Waals surface area contributed by atoms with Crippen LogP contribution in [0.2, 0.25) is 0 Å². The number of hydrogen-bond donors (Lipinski definition) is 8. The van der Waals surface area contributed by atoms with Gasteiger partial charge in [-0.3, -0.25) is 0 Å². The molecule has 0 amide bonds. The molecule has 1 aliphatic heterocycles. The van der Waals surface area contributed by atoms with E-state index >= 15 is 0 Å². The lowest BCUT2D eigenvalue weighted by atomic mass is 9.76. The normalized spacial score (nSPS) is 26.8. The highest BCUT2D eigenvalue weighted by atomic mass is 35.5. The molecule has 0 aromatic rings. The van der Waals surface area contributed by atoms with Gasteiger partial charge in [0.1, 0.15) is 0 Å². The van der Waals surface area contributed by atoms with Gasteiger partial charge in [-0.25, -0.2) is 9.13 Å². The summed E-state index contributed by atoms with van der Waals surface area (Å²) in [5, 5.41) is 8.03. The highest BCUT2D eigenvalue weighted by Gasteiger charge is 2.37. The number of rotatable bonds is 8. The summed E-state index contributed by atoms with van der Waals surface area (Å²) in [7, 11) is -9.28. The third-order valence-electron chi connectivity index (χ3n) is 5.72. The first-order valence-electron chi connectivity index (χ1n) is 11.1. The van der Waals surface area contributed by atoms with Crippen LogP contribution in [0.15, 0.2) is 0 Å². The summed E-state index contributed by atoms with van der Waals surface area (Å²) < 4.78 is 17.8. The quantitative estimate of drug-likeness (QED) is 0.169. The molecule has 14 heteroatoms. The van der Waals surface area contributed by atoms with Crippen LogP contribution in [0.25, 0.3) is 0 Å². The molecule has 1 saturated heterocycles. The zero-order valence-electron chi connectivity index (χ0n) is 19.2. The molecule has 0 bridgehead atoms. The van der Waals surface area contributed by atoms with E-state index in [1.165, 1.54) is 51.7 Å². The minimum absolute atomic E-state index is 0.388. The van der Waals surface area contributed by atoms with Gasteiger partial charge in [-0.1, -0.05) is 13.8 Å². The van der Waals surface area contributed by atoms with Crippen molar-refractivity contribution in [3.05, 3.63) is 0 Å². The molecule has 2 aliphatic rings. The van der Waals surface area contributed by atoms with E-state index in [2.05, 4.69) is 36.3 Å². The zero-order valence-corrected chi connectivity index (χ0v) is 21.7. The van der Waals surface area contributed by atoms with Crippen LogP contribution in [0.3, 0.4) is 0 Å². The molecule has 1 saturated carbocycles. The van der Waals surface area contributed by atoms with Crippen molar-refractivity contribution in [1.82, 2.24) is 15.5 Å². The number of nitrogens with one attached hydrogen (secondary N) is 2. The van der Waals surface area contributed by atoms with Gasteiger partial charge in [0.25, 0.3) is 0 Å². The molecule has 32 heavy (non-hydrogen) atoms. The molecule has 194 valence electrons. The van der Waals surface area contributed by atoms with E-state index < -0.39 is 15.6 Å². The fraction of sp³-hybridized carbons (Fsp3) is 1.00. The van der Waals surface area contributed by atoms with Crippen LogP contribution >= 0.6 is 27.2 Å². The van der Waals surface area contributed by atoms with Crippen LogP contribution in [0.4, 0.5) is 0 Å². The molecule has 5 unspecified atom stereocenters. The number of hydrogen-bond acceptors (Lipinski definition) is 5. The molecule has 0 radical (unpaired) electrons. The molecule has 8 N–H and O–H groups in total. The van der Waals surface area contributed by atoms with Crippen molar-refractivity contribution >= 4 is 27.2 Å². The Balaban J connectivity index is 0.000000805. The molecule has 0 aromatic heterocycles. The topological polar surface area (TPSA) is 183 Å². The van der Waals surface area contributed by atoms with Crippen molar-refractivity contribution < 1.29 is 38.5 Å². The van der Waals surface area contributed by atoms with Crippen molar-refractivity contribution in [3.8, 4) is 0 Å². The standard InChI is InChI=1S/C18H36ClN3.2H3O4P/c1-4-22(5-2)12-6-7-14(3)21-17-10-11-20-18-13-15(19)8-9-16(17)18;2*1-5(2,3)4/h14-18,20-21H,4-13H2,1-3H3;2*(H3,1,2,3,4). The number of alkyl halides is 1. The maximum atomic E-state index is 8.88. The van der Waals surface area contributed by atoms with Crippen LogP contribution in [-0.4, -0.2) is 83.9 Å². The minimum atomic E-state index is -4.64. The predicted molar refractivity (Wildman–Crippen MR) is 125 cm³/mol. The number of nitrogens with zero attached hydrogens (tertiary/aromatic N) is 1. The summed E-state index contributed by atoms with van der Waals surface area (Å²) in [6, 6.07) is 1.97. The Morgan fingerprint density at radius 2 is 1.56 bits per heavy atom. The molecule has 2 fully saturated rings. The maximum absolute atomic E-state index is 8.88. The van der Waals surface area contributed by atoms with Gasteiger partial charge in [-0.15, -0.1) is 11.6 Å². The Bertz CT molecular complexity index is 554. The third kappa shape index (κ3) is 18.8. The van der Waals surface area contributed by atoms with Gasteiger partial charge in [0.2, 0.25) is 0 Å². The third-order valence-corrected chi connectivity index (χ3v) is 6.12. The molecule has 0 aromatic carbocycles. The molecule has 0 spiro atoms. The van der Waals surface area contributed by atoms with Crippen molar-refractivity contribution in [1.29, 1.82) is 0 Å². The van der Waals surface area contributed by atoms with Crippen LogP contribution in [-0.2, 0) is 9.13 Å². The average Bonchev–Trinajstić information content (AvgIpc) is 2.62. The van der Waals surface area contributed by atoms with Gasteiger partial charge in [0.15, 0.2) is 0 Å². The Morgan fingerprint density at radius 1 is 1.03 bits per heavy atom. The van der Waals surface area contributed by atoms with Crippen molar-refractivity contribution in [2.24, 2.45) is 5.92 Å². The summed E-state index contributed by atoms with van der Waals surface area (Å²) >= 11 is 6.35. The minimum Gasteiger partial charge on any atom is -0.314 e. The summed E-state index contributed by atoms with van der Waals surface area (Å²) in [5.74, 6) is 0.786. The van der Waals surface area contributed by atoms with Gasteiger partial charge in [-0.2, -0.15) is 0 Å². The van der Waals surface area contributed by atoms with E-state index in [-0.39, 0.29) is 0 Å². The Kier molecular flexibility index (Phi) is 16.3. The van der Waals surface area contributed by atoms with Crippen LogP contribution in [0, 0.1) is 5.92 Å². The highest BCUT2D eigenvalue weighted by molar-refractivity contribution is 7.45. The monoisotopic (exact) mass is 525 g/mol. The van der Waals surface area contributed by atoms with E-state index in [4.69, 9.17) is 50.1 Å². The van der Waals surface area contributed by atoms with E-state index in [0.29, 0.717) is 23.5 Å². The number of piperidine rings is 1. The van der Waals surface area contributed by atoms with Gasteiger partial charge < -0.3 is 44.9 Å². The van der Waals surface area contributed by atoms with Crippen LogP contribution < -0.4 is 10.6 Å². The SMILES string of the molecule is CCN(CC)CCCC(C)NC1CCNC2CC(Cl)CCC21.O=P(O)(O)O.O=P(O)(O)O. The van der Waals surface area contributed by atoms with Gasteiger partial charge in [0, 0.05) is 23.5 Å². The highest BCUT2D eigenvalue weighted by Crippen LogP contribution is 2.33. The number of phosphoric acid groups is 2. The van der Waals surface area contributed by atoms with Crippen molar-refractivity contribution in [3.63, 3.8) is 0 Å². The van der Waals surface area contributed by atoms with Gasteiger partial charge >= 0.3 is 15.6 Å². The summed E-state index contributed by atoms with van der Waals surface area (Å²) in [4.78, 5) is 45.6. The molecular weight excluding hydrogens is 484 g/mol. The summed E-state index contributed by atoms with van der Waals surface area (Å²) in [5.41, 5.74) is 0. The van der Waals surface area contributed by atoms with Crippen LogP contribution in [0.1, 0.15) is 59.3 Å². The van der Waals surface area contributed by atoms with E-state index in [1.54, 1.807) is 0 Å². The Hall–Kier alpha value is 0.390. The smallest absolute Gasteiger partial charge is 0.314 e. The summed E-state index contributed by atoms with van der Waals surface area (Å²) in [6.45, 7) is 11.6. The fourth-order valence-electron chi connectivity index (χ4n) is 4.31. The molecular formula is C18H42ClN3O8P2. The Labute approximate surface area is 196 Å². The number of fused-ring (bicyclic) bond motifs is 1. The first kappa shape index (κ1) is 32.4. The van der Waals surface area contributed by atoms with Gasteiger partial charge in [0.05, 0.1) is 0 Å². The van der Waals surface area contributed by atoms with Gasteiger partial charge in [-0.05, 0) is 77.5 Å². The Morgan fingerprint density at radius 3 is 2.06 bits per heavy atom. The lowest BCUT2D eigenvalue weighted by Gasteiger charge is -2.44. The largest absolute Gasteiger partial charge is 0.466 e. The molecule has 5 atom stereocenters. The first-order chi connectivity index (χ1) is 14.6. The zero-order chi connectivity index (χ0) is 24.9. The second-order valence-corrected chi connectivity index (χ2v) is 11.0. The second kappa shape index (κ2) is 16.1. The van der Waals surface area contributed by atoms with Crippen LogP contribution in [0.5, 0.6) is 0 Å². The molecule has 1 heterocycles. The molecule has 11 nitrogen and oxygen atoms in total. The average molecular weight is 526 g/mol. The second-order valence-electron chi connectivity index (χ2n) is 8.29. The lowest BCUT2D eigenvalue weighted by Crippen LogP contribution is -2.57. The predicted octanol–water partition coefficient (Wildman–Crippen LogP) is 1.37. The van der Waals surface area contributed by atoms with E-state index in [9.17, 15) is 0 Å². The first-order valence-corrected chi connectivity index (χ1v) is 14.6. The fourth-order valence-corrected chi connectivity index (χ4v) is 4.63. The summed E-state index contributed by atoms with van der Waals surface area (Å²) in [6.07, 6.45) is 7.50.